The van der Waals surface area contributed by atoms with E-state index in [0.717, 1.165) is 37.0 Å². The van der Waals surface area contributed by atoms with E-state index in [1.807, 2.05) is 33.7 Å². The first-order valence-corrected chi connectivity index (χ1v) is 13.6. The minimum absolute atomic E-state index is 0.0240. The van der Waals surface area contributed by atoms with Crippen molar-refractivity contribution in [1.82, 2.24) is 14.5 Å². The first-order chi connectivity index (χ1) is 17.0. The molecule has 1 unspecified atom stereocenters. The maximum Gasteiger partial charge on any atom is 0.328 e. The molecule has 192 valence electrons. The van der Waals surface area contributed by atoms with Crippen LogP contribution in [0.2, 0.25) is 0 Å². The molecule has 1 saturated carbocycles. The molecular weight excluding hydrogens is 440 g/mol. The quantitative estimate of drug-likeness (QED) is 0.497. The molecule has 1 saturated heterocycles. The van der Waals surface area contributed by atoms with E-state index < -0.39 is 6.04 Å². The van der Waals surface area contributed by atoms with Crippen LogP contribution in [0.5, 0.6) is 0 Å². The normalized spacial score (nSPS) is 20.7. The molecule has 0 amide bonds. The number of esters is 1. The van der Waals surface area contributed by atoms with Crippen LogP contribution in [0.4, 0.5) is 5.82 Å². The largest absolute Gasteiger partial charge is 0.467 e. The molecule has 1 aliphatic carbocycles. The Bertz CT molecular complexity index is 1040. The molecule has 7 heteroatoms. The summed E-state index contributed by atoms with van der Waals surface area (Å²) in [5, 5.41) is 0. The zero-order valence-corrected chi connectivity index (χ0v) is 21.7. The number of methoxy groups -OCH3 is 1. The molecule has 7 nitrogen and oxygen atoms in total. The first kappa shape index (κ1) is 25.7. The molecule has 2 fully saturated rings. The molecule has 1 aromatic heterocycles. The fraction of sp³-hybridized carbons (Fsp3) is 0.679. The topological polar surface area (TPSA) is 67.7 Å². The van der Waals surface area contributed by atoms with Crippen molar-refractivity contribution in [3.8, 4) is 0 Å². The van der Waals surface area contributed by atoms with Gasteiger partial charge in [0.05, 0.1) is 18.1 Å². The summed E-state index contributed by atoms with van der Waals surface area (Å²) in [6.07, 6.45) is 11.7. The fourth-order valence-electron chi connectivity index (χ4n) is 6.05. The number of carbonyl (C=O) groups excluding carboxylic acids is 1. The number of rotatable bonds is 8. The molecule has 4 rings (SSSR count). The van der Waals surface area contributed by atoms with Gasteiger partial charge >= 0.3 is 5.97 Å². The first-order valence-electron chi connectivity index (χ1n) is 13.6. The van der Waals surface area contributed by atoms with Crippen molar-refractivity contribution in [3.05, 3.63) is 34.6 Å². The van der Waals surface area contributed by atoms with Gasteiger partial charge in [-0.2, -0.15) is 0 Å². The monoisotopic (exact) mass is 482 g/mol. The predicted octanol–water partition coefficient (Wildman–Crippen LogP) is 4.92. The van der Waals surface area contributed by atoms with Crippen molar-refractivity contribution in [1.29, 1.82) is 0 Å². The van der Waals surface area contributed by atoms with Crippen LogP contribution in [0.3, 0.4) is 0 Å². The Morgan fingerprint density at radius 2 is 1.83 bits per heavy atom. The van der Waals surface area contributed by atoms with E-state index in [2.05, 4.69) is 18.7 Å². The number of nitrogens with zero attached hydrogens (tertiary/aromatic N) is 4. The van der Waals surface area contributed by atoms with E-state index in [1.54, 1.807) is 0 Å². The van der Waals surface area contributed by atoms with Gasteiger partial charge in [0, 0.05) is 25.2 Å². The number of carbonyl (C=O) groups is 1. The molecule has 1 aromatic carbocycles. The average Bonchev–Trinajstić information content (AvgIpc) is 3.34. The Balaban J connectivity index is 1.60. The van der Waals surface area contributed by atoms with Crippen LogP contribution in [0.1, 0.15) is 84.1 Å². The zero-order valence-electron chi connectivity index (χ0n) is 21.7. The summed E-state index contributed by atoms with van der Waals surface area (Å²) < 4.78 is 6.93. The van der Waals surface area contributed by atoms with Crippen molar-refractivity contribution in [2.24, 2.45) is 0 Å². The Kier molecular flexibility index (Phi) is 8.82. The number of aromatic nitrogens is 2. The van der Waals surface area contributed by atoms with Crippen molar-refractivity contribution >= 4 is 22.8 Å². The smallest absolute Gasteiger partial charge is 0.328 e. The molecule has 0 bridgehead atoms. The summed E-state index contributed by atoms with van der Waals surface area (Å²) in [6, 6.07) is 8.09. The van der Waals surface area contributed by atoms with Crippen LogP contribution in [-0.4, -0.2) is 59.2 Å². The summed E-state index contributed by atoms with van der Waals surface area (Å²) >= 11 is 0. The number of ether oxygens (including phenoxy) is 1. The SMILES string of the molecule is CCN(CCC(C)n1c(=O)c(N2CCC[C@H]2C(=O)OC)nc2ccccc21)C1CCCCCCC1. The lowest BCUT2D eigenvalue weighted by molar-refractivity contribution is -0.141. The van der Waals surface area contributed by atoms with E-state index in [4.69, 9.17) is 9.72 Å². The lowest BCUT2D eigenvalue weighted by Gasteiger charge is -2.33. The number of fused-ring (bicyclic) bond motifs is 1. The second-order valence-corrected chi connectivity index (χ2v) is 10.2. The highest BCUT2D eigenvalue weighted by atomic mass is 16.5. The molecule has 0 N–H and O–H groups in total. The van der Waals surface area contributed by atoms with Gasteiger partial charge in [-0.25, -0.2) is 9.78 Å². The zero-order chi connectivity index (χ0) is 24.8. The minimum atomic E-state index is -0.444. The van der Waals surface area contributed by atoms with Crippen molar-refractivity contribution in [2.45, 2.75) is 96.2 Å². The van der Waals surface area contributed by atoms with Crippen LogP contribution in [0.25, 0.3) is 11.0 Å². The second kappa shape index (κ2) is 12.0. The molecule has 1 aliphatic heterocycles. The lowest BCUT2D eigenvalue weighted by atomic mass is 9.95. The van der Waals surface area contributed by atoms with E-state index in [1.165, 1.54) is 52.1 Å². The van der Waals surface area contributed by atoms with Gasteiger partial charge in [-0.3, -0.25) is 4.79 Å². The van der Waals surface area contributed by atoms with E-state index in [-0.39, 0.29) is 17.6 Å². The van der Waals surface area contributed by atoms with E-state index in [0.29, 0.717) is 24.8 Å². The molecular formula is C28H42N4O3. The Labute approximate surface area is 209 Å². The van der Waals surface area contributed by atoms with Crippen molar-refractivity contribution in [2.75, 3.05) is 31.6 Å². The van der Waals surface area contributed by atoms with E-state index in [9.17, 15) is 9.59 Å². The summed E-state index contributed by atoms with van der Waals surface area (Å²) in [4.78, 5) is 35.5. The molecule has 2 aliphatic rings. The maximum absolute atomic E-state index is 13.9. The van der Waals surface area contributed by atoms with Gasteiger partial charge in [-0.15, -0.1) is 0 Å². The average molecular weight is 483 g/mol. The molecule has 0 spiro atoms. The Morgan fingerprint density at radius 3 is 2.54 bits per heavy atom. The highest BCUT2D eigenvalue weighted by molar-refractivity contribution is 5.82. The molecule has 2 heterocycles. The minimum Gasteiger partial charge on any atom is -0.467 e. The molecule has 35 heavy (non-hydrogen) atoms. The number of hydrogen-bond donors (Lipinski definition) is 0. The van der Waals surface area contributed by atoms with Gasteiger partial charge < -0.3 is 19.1 Å². The highest BCUT2D eigenvalue weighted by Crippen LogP contribution is 2.27. The maximum atomic E-state index is 13.9. The van der Waals surface area contributed by atoms with Crippen LogP contribution < -0.4 is 10.5 Å². The Morgan fingerprint density at radius 1 is 1.11 bits per heavy atom. The van der Waals surface area contributed by atoms with Crippen molar-refractivity contribution < 1.29 is 9.53 Å². The number of anilines is 1. The van der Waals surface area contributed by atoms with Crippen LogP contribution in [0.15, 0.2) is 29.1 Å². The standard InChI is InChI=1S/C28H42N4O3/c1-4-30(22-13-8-6-5-7-9-14-22)20-18-21(2)32-24-16-11-10-15-23(24)29-26(27(32)33)31-19-12-17-25(31)28(34)35-3/h10-11,15-16,21-22,25H,4-9,12-14,17-20H2,1-3H3/t21?,25-/m0/s1. The highest BCUT2D eigenvalue weighted by Gasteiger charge is 2.35. The third-order valence-corrected chi connectivity index (χ3v) is 8.05. The summed E-state index contributed by atoms with van der Waals surface area (Å²) in [5.74, 6) is 0.0741. The molecule has 0 radical (unpaired) electrons. The number of hydrogen-bond acceptors (Lipinski definition) is 6. The lowest BCUT2D eigenvalue weighted by Crippen LogP contribution is -2.42. The second-order valence-electron chi connectivity index (χ2n) is 10.2. The van der Waals surface area contributed by atoms with E-state index >= 15 is 0 Å². The van der Waals surface area contributed by atoms with Gasteiger partial charge in [0.25, 0.3) is 5.56 Å². The van der Waals surface area contributed by atoms with Crippen LogP contribution in [0, 0.1) is 0 Å². The van der Waals surface area contributed by atoms with Crippen LogP contribution >= 0.6 is 0 Å². The fourth-order valence-corrected chi connectivity index (χ4v) is 6.05. The summed E-state index contributed by atoms with van der Waals surface area (Å²) in [6.45, 7) is 7.07. The van der Waals surface area contributed by atoms with Gasteiger partial charge in [0.1, 0.15) is 6.04 Å². The summed E-state index contributed by atoms with van der Waals surface area (Å²) in [7, 11) is 1.41. The number of benzene rings is 1. The third-order valence-electron chi connectivity index (χ3n) is 8.05. The third kappa shape index (κ3) is 5.71. The number of para-hydroxylation sites is 2. The molecule has 2 aromatic rings. The predicted molar refractivity (Wildman–Crippen MR) is 141 cm³/mol. The Hall–Kier alpha value is -2.41. The van der Waals surface area contributed by atoms with Crippen LogP contribution in [-0.2, 0) is 9.53 Å². The van der Waals surface area contributed by atoms with Gasteiger partial charge in [-0.05, 0) is 57.7 Å². The van der Waals surface area contributed by atoms with Gasteiger partial charge in [0.15, 0.2) is 5.82 Å². The van der Waals surface area contributed by atoms with Gasteiger partial charge in [0.2, 0.25) is 0 Å². The van der Waals surface area contributed by atoms with Gasteiger partial charge in [-0.1, -0.05) is 51.2 Å². The van der Waals surface area contributed by atoms with Crippen molar-refractivity contribution in [3.63, 3.8) is 0 Å². The molecule has 2 atom stereocenters. The summed E-state index contributed by atoms with van der Waals surface area (Å²) in [5.41, 5.74) is 1.54.